The van der Waals surface area contributed by atoms with E-state index in [0.29, 0.717) is 17.3 Å². The first-order chi connectivity index (χ1) is 14.2. The van der Waals surface area contributed by atoms with E-state index in [-0.39, 0.29) is 22.8 Å². The van der Waals surface area contributed by atoms with Crippen molar-refractivity contribution in [1.82, 2.24) is 30.4 Å². The van der Waals surface area contributed by atoms with Gasteiger partial charge in [-0.3, -0.25) is 4.79 Å². The summed E-state index contributed by atoms with van der Waals surface area (Å²) in [6.45, 7) is 8.30. The standard InChI is InChI=1S/C21H23N7O2/c1-11(25-20(29)16-9-18(22)24-10-23-16)17-8-15(28-30-17)19-26-13-6-5-12(21(2,3)4)7-14(13)27-19/h5-11H,1-4H3,(H,25,29)(H,26,27)(H2,22,23,24)/t11-/m1/s1. The second-order valence-electron chi connectivity index (χ2n) is 8.21. The number of anilines is 1. The molecule has 30 heavy (non-hydrogen) atoms. The lowest BCUT2D eigenvalue weighted by atomic mass is 9.87. The lowest BCUT2D eigenvalue weighted by Gasteiger charge is -2.18. The molecule has 0 radical (unpaired) electrons. The van der Waals surface area contributed by atoms with Gasteiger partial charge in [0.05, 0.1) is 17.1 Å². The highest BCUT2D eigenvalue weighted by Gasteiger charge is 2.20. The number of nitrogens with two attached hydrogens (primary N) is 1. The monoisotopic (exact) mass is 405 g/mol. The number of hydrogen-bond donors (Lipinski definition) is 3. The molecule has 0 unspecified atom stereocenters. The normalized spacial score (nSPS) is 12.8. The van der Waals surface area contributed by atoms with E-state index in [0.717, 1.165) is 11.0 Å². The quantitative estimate of drug-likeness (QED) is 0.473. The number of rotatable bonds is 4. The van der Waals surface area contributed by atoms with E-state index in [1.54, 1.807) is 13.0 Å². The highest BCUT2D eigenvalue weighted by atomic mass is 16.5. The van der Waals surface area contributed by atoms with Crippen molar-refractivity contribution in [1.29, 1.82) is 0 Å². The molecule has 9 heteroatoms. The summed E-state index contributed by atoms with van der Waals surface area (Å²) >= 11 is 0. The van der Waals surface area contributed by atoms with E-state index in [4.69, 9.17) is 10.3 Å². The van der Waals surface area contributed by atoms with Gasteiger partial charge in [0.1, 0.15) is 23.5 Å². The summed E-state index contributed by atoms with van der Waals surface area (Å²) < 4.78 is 5.43. The first-order valence-corrected chi connectivity index (χ1v) is 9.56. The van der Waals surface area contributed by atoms with Crippen LogP contribution in [0.3, 0.4) is 0 Å². The van der Waals surface area contributed by atoms with Gasteiger partial charge in [-0.2, -0.15) is 0 Å². The summed E-state index contributed by atoms with van der Waals surface area (Å²) in [5.74, 6) is 0.946. The predicted molar refractivity (Wildman–Crippen MR) is 113 cm³/mol. The summed E-state index contributed by atoms with van der Waals surface area (Å²) in [4.78, 5) is 28.0. The number of nitrogen functional groups attached to an aromatic ring is 1. The van der Waals surface area contributed by atoms with E-state index >= 15 is 0 Å². The summed E-state index contributed by atoms with van der Waals surface area (Å²) in [5, 5.41) is 6.91. The SMILES string of the molecule is C[C@@H](NC(=O)c1cc(N)ncn1)c1cc(-c2nc3ccc(C(C)(C)C)cc3[nH]2)no1. The maximum atomic E-state index is 12.4. The van der Waals surface area contributed by atoms with Crippen LogP contribution >= 0.6 is 0 Å². The topological polar surface area (TPSA) is 136 Å². The minimum Gasteiger partial charge on any atom is -0.384 e. The maximum absolute atomic E-state index is 12.4. The Labute approximate surface area is 173 Å². The van der Waals surface area contributed by atoms with E-state index < -0.39 is 6.04 Å². The number of imidazole rings is 1. The number of aromatic nitrogens is 5. The molecule has 0 saturated heterocycles. The number of nitrogens with one attached hydrogen (secondary N) is 2. The Balaban J connectivity index is 1.54. The van der Waals surface area contributed by atoms with Crippen molar-refractivity contribution in [2.24, 2.45) is 0 Å². The molecule has 4 rings (SSSR count). The molecule has 9 nitrogen and oxygen atoms in total. The van der Waals surface area contributed by atoms with Gasteiger partial charge in [-0.15, -0.1) is 0 Å². The van der Waals surface area contributed by atoms with Crippen LogP contribution in [0.4, 0.5) is 5.82 Å². The molecule has 3 heterocycles. The summed E-state index contributed by atoms with van der Waals surface area (Å²) in [6, 6.07) is 8.91. The number of amides is 1. The number of fused-ring (bicyclic) bond motifs is 1. The molecule has 4 N–H and O–H groups in total. The highest BCUT2D eigenvalue weighted by Crippen LogP contribution is 2.27. The first-order valence-electron chi connectivity index (χ1n) is 9.56. The Hall–Kier alpha value is -3.75. The minimum absolute atomic E-state index is 0.0441. The van der Waals surface area contributed by atoms with Gasteiger partial charge in [-0.1, -0.05) is 32.0 Å². The van der Waals surface area contributed by atoms with Crippen LogP contribution in [-0.2, 0) is 5.41 Å². The fourth-order valence-corrected chi connectivity index (χ4v) is 3.04. The number of benzene rings is 1. The first kappa shape index (κ1) is 19.6. The lowest BCUT2D eigenvalue weighted by Crippen LogP contribution is -2.27. The van der Waals surface area contributed by atoms with Crippen LogP contribution in [-0.4, -0.2) is 31.0 Å². The number of nitrogens with zero attached hydrogens (tertiary/aromatic N) is 4. The molecule has 1 amide bonds. The second kappa shape index (κ2) is 7.25. The Morgan fingerprint density at radius 1 is 1.20 bits per heavy atom. The van der Waals surface area contributed by atoms with Crippen molar-refractivity contribution in [3.05, 3.63) is 53.7 Å². The molecule has 0 bridgehead atoms. The van der Waals surface area contributed by atoms with Gasteiger partial charge in [0.15, 0.2) is 11.6 Å². The Morgan fingerprint density at radius 3 is 2.73 bits per heavy atom. The van der Waals surface area contributed by atoms with Gasteiger partial charge in [-0.05, 0) is 30.0 Å². The van der Waals surface area contributed by atoms with E-state index in [2.05, 4.69) is 63.3 Å². The highest BCUT2D eigenvalue weighted by molar-refractivity contribution is 5.93. The third-order valence-corrected chi connectivity index (χ3v) is 4.81. The molecule has 0 fully saturated rings. The van der Waals surface area contributed by atoms with Crippen LogP contribution in [0.15, 0.2) is 41.2 Å². The molecule has 4 aromatic rings. The zero-order valence-electron chi connectivity index (χ0n) is 17.2. The van der Waals surface area contributed by atoms with E-state index in [1.807, 2.05) is 6.07 Å². The van der Waals surface area contributed by atoms with Crippen molar-refractivity contribution in [2.45, 2.75) is 39.2 Å². The molecule has 0 spiro atoms. The van der Waals surface area contributed by atoms with E-state index in [1.165, 1.54) is 18.0 Å². The largest absolute Gasteiger partial charge is 0.384 e. The van der Waals surface area contributed by atoms with Crippen LogP contribution < -0.4 is 11.1 Å². The number of aromatic amines is 1. The Bertz CT molecular complexity index is 1220. The number of carbonyl (C=O) groups excluding carboxylic acids is 1. The Kier molecular flexibility index (Phi) is 4.73. The number of carbonyl (C=O) groups is 1. The summed E-state index contributed by atoms with van der Waals surface area (Å²) in [5.41, 5.74) is 9.39. The van der Waals surface area contributed by atoms with Crippen LogP contribution in [0, 0.1) is 0 Å². The van der Waals surface area contributed by atoms with Crippen LogP contribution in [0.5, 0.6) is 0 Å². The molecule has 0 saturated carbocycles. The molecule has 1 aromatic carbocycles. The van der Waals surface area contributed by atoms with Gasteiger partial charge in [0.2, 0.25) is 0 Å². The summed E-state index contributed by atoms with van der Waals surface area (Å²) in [7, 11) is 0. The fraction of sp³-hybridized carbons (Fsp3) is 0.286. The zero-order chi connectivity index (χ0) is 21.5. The zero-order valence-corrected chi connectivity index (χ0v) is 17.2. The molecule has 0 aliphatic heterocycles. The molecule has 154 valence electrons. The van der Waals surface area contributed by atoms with Crippen molar-refractivity contribution >= 4 is 22.8 Å². The van der Waals surface area contributed by atoms with Gasteiger partial charge >= 0.3 is 0 Å². The summed E-state index contributed by atoms with van der Waals surface area (Å²) in [6.07, 6.45) is 1.24. The minimum atomic E-state index is -0.424. The van der Waals surface area contributed by atoms with Crippen molar-refractivity contribution < 1.29 is 9.32 Å². The molecule has 0 aliphatic carbocycles. The number of H-pyrrole nitrogens is 1. The van der Waals surface area contributed by atoms with Crippen molar-refractivity contribution in [2.75, 3.05) is 5.73 Å². The third-order valence-electron chi connectivity index (χ3n) is 4.81. The molecular weight excluding hydrogens is 382 g/mol. The van der Waals surface area contributed by atoms with Gasteiger partial charge in [-0.25, -0.2) is 15.0 Å². The Morgan fingerprint density at radius 2 is 2.00 bits per heavy atom. The smallest absolute Gasteiger partial charge is 0.270 e. The van der Waals surface area contributed by atoms with Gasteiger partial charge < -0.3 is 20.6 Å². The predicted octanol–water partition coefficient (Wildman–Crippen LogP) is 3.38. The fourth-order valence-electron chi connectivity index (χ4n) is 3.04. The third kappa shape index (κ3) is 3.86. The molecule has 3 aromatic heterocycles. The maximum Gasteiger partial charge on any atom is 0.270 e. The average Bonchev–Trinajstić information content (AvgIpc) is 3.33. The van der Waals surface area contributed by atoms with Gasteiger partial charge in [0, 0.05) is 12.1 Å². The lowest BCUT2D eigenvalue weighted by molar-refractivity contribution is 0.0928. The second-order valence-corrected chi connectivity index (χ2v) is 8.21. The average molecular weight is 405 g/mol. The number of hydrogen-bond acceptors (Lipinski definition) is 7. The van der Waals surface area contributed by atoms with Crippen LogP contribution in [0.25, 0.3) is 22.6 Å². The van der Waals surface area contributed by atoms with Crippen LogP contribution in [0.1, 0.15) is 55.5 Å². The molecular formula is C21H23N7O2. The molecule has 1 atom stereocenters. The van der Waals surface area contributed by atoms with Crippen molar-refractivity contribution in [3.63, 3.8) is 0 Å². The van der Waals surface area contributed by atoms with E-state index in [9.17, 15) is 4.79 Å². The van der Waals surface area contributed by atoms with Crippen LogP contribution in [0.2, 0.25) is 0 Å². The van der Waals surface area contributed by atoms with Crippen molar-refractivity contribution in [3.8, 4) is 11.5 Å². The molecule has 0 aliphatic rings. The van der Waals surface area contributed by atoms with Gasteiger partial charge in [0.25, 0.3) is 5.91 Å².